The summed E-state index contributed by atoms with van der Waals surface area (Å²) in [5.41, 5.74) is 4.85. The van der Waals surface area contributed by atoms with Crippen molar-refractivity contribution in [3.63, 3.8) is 0 Å². The van der Waals surface area contributed by atoms with Crippen LogP contribution in [-0.2, 0) is 27.9 Å². The molecule has 0 aromatic carbocycles. The van der Waals surface area contributed by atoms with E-state index in [0.29, 0.717) is 6.54 Å². The number of nitrogens with two attached hydrogens (primary N) is 1. The van der Waals surface area contributed by atoms with Crippen LogP contribution in [0.1, 0.15) is 65.2 Å². The van der Waals surface area contributed by atoms with E-state index in [2.05, 4.69) is 70.3 Å². The van der Waals surface area contributed by atoms with Crippen molar-refractivity contribution in [2.75, 3.05) is 13.2 Å². The van der Waals surface area contributed by atoms with Crippen LogP contribution in [0.5, 0.6) is 0 Å². The lowest BCUT2D eigenvalue weighted by molar-refractivity contribution is -0.0601. The Kier molecular flexibility index (Phi) is 8.45. The molecule has 0 bridgehead atoms. The van der Waals surface area contributed by atoms with Crippen molar-refractivity contribution in [1.82, 2.24) is 20.3 Å². The second-order valence-electron chi connectivity index (χ2n) is 13.3. The van der Waals surface area contributed by atoms with Crippen LogP contribution in [-0.4, -0.2) is 76.9 Å². The van der Waals surface area contributed by atoms with Crippen molar-refractivity contribution in [2.45, 2.75) is 109 Å². The second kappa shape index (κ2) is 10.3. The third kappa shape index (κ3) is 5.90. The Hall–Kier alpha value is -1.63. The van der Waals surface area contributed by atoms with Crippen LogP contribution >= 0.6 is 0 Å². The number of ether oxygens (including phenoxy) is 1. The van der Waals surface area contributed by atoms with Crippen LogP contribution in [0.15, 0.2) is 17.3 Å². The molecule has 12 nitrogen and oxygen atoms in total. The number of carbonyl (C=O) groups is 1. The zero-order valence-corrected chi connectivity index (χ0v) is 27.8. The molecule has 39 heavy (non-hydrogen) atoms. The highest BCUT2D eigenvalue weighted by Gasteiger charge is 2.67. The molecule has 3 heterocycles. The Balaban J connectivity index is 2.20. The first kappa shape index (κ1) is 31.9. The summed E-state index contributed by atoms with van der Waals surface area (Å²) in [6.07, 6.45) is -1.80. The van der Waals surface area contributed by atoms with E-state index in [1.807, 2.05) is 13.1 Å². The van der Waals surface area contributed by atoms with E-state index in [1.54, 1.807) is 6.92 Å². The van der Waals surface area contributed by atoms with Crippen LogP contribution in [0.25, 0.3) is 0 Å². The minimum Gasteiger partial charge on any atom is -0.414 e. The molecule has 1 aromatic heterocycles. The summed E-state index contributed by atoms with van der Waals surface area (Å²) in [4.78, 5) is 12.9. The Labute approximate surface area is 234 Å². The van der Waals surface area contributed by atoms with Crippen LogP contribution in [0.4, 0.5) is 0 Å². The molecule has 3 rings (SSSR count). The van der Waals surface area contributed by atoms with Gasteiger partial charge in [0.2, 0.25) is 0 Å². The first-order valence-electron chi connectivity index (χ1n) is 13.2. The van der Waals surface area contributed by atoms with Gasteiger partial charge >= 0.3 is 0 Å². The molecule has 1 spiro atoms. The molecular formula is C24H45N5O7SSi2. The number of hydrogen-bond donors (Lipinski definition) is 2. The molecule has 15 heteroatoms. The average Bonchev–Trinajstić information content (AvgIpc) is 3.41. The molecule has 1 aromatic rings. The van der Waals surface area contributed by atoms with E-state index in [0.717, 1.165) is 5.41 Å². The number of hydrogen-bond acceptors (Lipinski definition) is 10. The van der Waals surface area contributed by atoms with Gasteiger partial charge < -0.3 is 24.6 Å². The summed E-state index contributed by atoms with van der Waals surface area (Å²) in [6.45, 7) is 23.0. The molecule has 2 aliphatic rings. The van der Waals surface area contributed by atoms with Crippen LogP contribution in [0, 0.1) is 0 Å². The molecule has 1 saturated heterocycles. The third-order valence-corrected chi connectivity index (χ3v) is 18.5. The maximum atomic E-state index is 12.9. The SMILES string of the molecule is CCNC(=O)c1cnnn1C1OC(CO[Si](C)(C)C(C)(C)C)C2(OS(=O)(=O)C=C2N)C1O[Si](C)(C)C(C)(C)C. The quantitative estimate of drug-likeness (QED) is 0.334. The molecule has 1 fully saturated rings. The molecule has 4 atom stereocenters. The summed E-state index contributed by atoms with van der Waals surface area (Å²) < 4.78 is 52.7. The predicted molar refractivity (Wildman–Crippen MR) is 152 cm³/mol. The second-order valence-corrected chi connectivity index (χ2v) is 24.2. The highest BCUT2D eigenvalue weighted by Crippen LogP contribution is 2.52. The van der Waals surface area contributed by atoms with Crippen molar-refractivity contribution in [3.8, 4) is 0 Å². The van der Waals surface area contributed by atoms with Gasteiger partial charge in [-0.25, -0.2) is 8.86 Å². The molecule has 3 N–H and O–H groups in total. The normalized spacial score (nSPS) is 27.7. The zero-order valence-electron chi connectivity index (χ0n) is 25.0. The monoisotopic (exact) mass is 603 g/mol. The first-order valence-corrected chi connectivity index (χ1v) is 20.5. The number of nitrogens with zero attached hydrogens (tertiary/aromatic N) is 3. The molecular weight excluding hydrogens is 559 g/mol. The topological polar surface area (TPSA) is 157 Å². The smallest absolute Gasteiger partial charge is 0.292 e. The number of amides is 1. The van der Waals surface area contributed by atoms with E-state index < -0.39 is 56.7 Å². The number of nitrogens with one attached hydrogen (secondary N) is 1. The maximum Gasteiger partial charge on any atom is 0.292 e. The van der Waals surface area contributed by atoms with Gasteiger partial charge in [-0.2, -0.15) is 8.42 Å². The summed E-state index contributed by atoms with van der Waals surface area (Å²) in [7, 11) is -9.06. The molecule has 4 unspecified atom stereocenters. The minimum atomic E-state index is -4.15. The fourth-order valence-electron chi connectivity index (χ4n) is 4.03. The van der Waals surface area contributed by atoms with E-state index in [1.165, 1.54) is 10.9 Å². The summed E-state index contributed by atoms with van der Waals surface area (Å²) in [5.74, 6) is -0.407. The van der Waals surface area contributed by atoms with E-state index >= 15 is 0 Å². The van der Waals surface area contributed by atoms with Gasteiger partial charge in [0.05, 0.1) is 23.9 Å². The highest BCUT2D eigenvalue weighted by atomic mass is 32.2. The fraction of sp³-hybridized carbons (Fsp3) is 0.792. The molecule has 0 radical (unpaired) electrons. The van der Waals surface area contributed by atoms with E-state index in [4.69, 9.17) is 23.5 Å². The fourth-order valence-corrected chi connectivity index (χ4v) is 7.54. The lowest BCUT2D eigenvalue weighted by Crippen LogP contribution is -2.59. The van der Waals surface area contributed by atoms with Crippen LogP contribution in [0.2, 0.25) is 36.3 Å². The van der Waals surface area contributed by atoms with Gasteiger partial charge in [-0.1, -0.05) is 46.8 Å². The van der Waals surface area contributed by atoms with E-state index in [-0.39, 0.29) is 28.1 Å². The Morgan fingerprint density at radius 3 is 2.23 bits per heavy atom. The molecule has 2 aliphatic heterocycles. The van der Waals surface area contributed by atoms with Crippen molar-refractivity contribution < 1.29 is 31.0 Å². The maximum absolute atomic E-state index is 12.9. The van der Waals surface area contributed by atoms with Crippen molar-refractivity contribution >= 4 is 32.7 Å². The van der Waals surface area contributed by atoms with Gasteiger partial charge in [0.1, 0.15) is 17.9 Å². The predicted octanol–water partition coefficient (Wildman–Crippen LogP) is 3.24. The molecule has 0 aliphatic carbocycles. The molecule has 0 saturated carbocycles. The largest absolute Gasteiger partial charge is 0.414 e. The molecule has 222 valence electrons. The Bertz CT molecular complexity index is 1220. The van der Waals surface area contributed by atoms with Crippen LogP contribution in [0.3, 0.4) is 0 Å². The molecule has 1 amide bonds. The summed E-state index contributed by atoms with van der Waals surface area (Å²) in [5, 5.41) is 11.4. The number of aromatic nitrogens is 3. The van der Waals surface area contributed by atoms with Gasteiger partial charge in [-0.3, -0.25) is 4.79 Å². The average molecular weight is 604 g/mol. The van der Waals surface area contributed by atoms with Gasteiger partial charge in [0.15, 0.2) is 28.5 Å². The van der Waals surface area contributed by atoms with Gasteiger partial charge in [-0.05, 0) is 43.2 Å². The summed E-state index contributed by atoms with van der Waals surface area (Å²) >= 11 is 0. The standard InChI is InChI=1S/C24H45N5O7SSi2/c1-12-26-20(30)16-13-27-28-29(16)21-19(35-39(10,11)23(5,6)7)24(17(25)15-37(31,32)36-24)18(34-21)14-33-38(8,9)22(2,3)4/h13,15,18-19,21H,12,14,25H2,1-11H3,(H,26,30). The lowest BCUT2D eigenvalue weighted by atomic mass is 9.89. The van der Waals surface area contributed by atoms with Crippen LogP contribution < -0.4 is 11.1 Å². The van der Waals surface area contributed by atoms with Gasteiger partial charge in [0, 0.05) is 6.54 Å². The van der Waals surface area contributed by atoms with E-state index in [9.17, 15) is 13.2 Å². The summed E-state index contributed by atoms with van der Waals surface area (Å²) in [6, 6.07) is 0. The Morgan fingerprint density at radius 1 is 1.15 bits per heavy atom. The highest BCUT2D eigenvalue weighted by molar-refractivity contribution is 7.90. The minimum absolute atomic E-state index is 0.000396. The van der Waals surface area contributed by atoms with Crippen molar-refractivity contribution in [1.29, 1.82) is 0 Å². The van der Waals surface area contributed by atoms with Crippen molar-refractivity contribution in [2.24, 2.45) is 5.73 Å². The van der Waals surface area contributed by atoms with Gasteiger partial charge in [0.25, 0.3) is 16.0 Å². The Morgan fingerprint density at radius 2 is 1.74 bits per heavy atom. The van der Waals surface area contributed by atoms with Crippen molar-refractivity contribution in [3.05, 3.63) is 23.0 Å². The third-order valence-electron chi connectivity index (χ3n) is 8.46. The zero-order chi connectivity index (χ0) is 29.8. The number of carbonyl (C=O) groups excluding carboxylic acids is 1. The first-order chi connectivity index (χ1) is 17.6. The lowest BCUT2D eigenvalue weighted by Gasteiger charge is -2.43. The number of rotatable bonds is 8. The van der Waals surface area contributed by atoms with Gasteiger partial charge in [-0.15, -0.1) is 5.10 Å².